The lowest BCUT2D eigenvalue weighted by Gasteiger charge is -2.09. The molecule has 0 amide bonds. The molecule has 1 aromatic carbocycles. The summed E-state index contributed by atoms with van der Waals surface area (Å²) in [6.07, 6.45) is -4.29. The normalized spacial score (nSPS) is 12.4. The topological polar surface area (TPSA) is 42.6 Å². The van der Waals surface area contributed by atoms with Gasteiger partial charge in [-0.25, -0.2) is 4.99 Å². The number of furan rings is 1. The molecule has 104 valence electrons. The lowest BCUT2D eigenvalue weighted by Crippen LogP contribution is -2.25. The van der Waals surface area contributed by atoms with Gasteiger partial charge in [0.1, 0.15) is 5.71 Å². The quantitative estimate of drug-likeness (QED) is 0.623. The summed E-state index contributed by atoms with van der Waals surface area (Å²) in [5, 5.41) is 0. The number of rotatable bonds is 4. The Kier molecular flexibility index (Phi) is 4.02. The minimum Gasteiger partial charge on any atom is -0.461 e. The third-order valence-corrected chi connectivity index (χ3v) is 2.47. The average molecular weight is 281 g/mol. The van der Waals surface area contributed by atoms with Gasteiger partial charge in [0.25, 0.3) is 0 Å². The zero-order valence-corrected chi connectivity index (χ0v) is 10.2. The fraction of sp³-hybridized carbons (Fsp3) is 0.143. The van der Waals surface area contributed by atoms with Crippen LogP contribution in [0.3, 0.4) is 0 Å². The molecule has 0 aliphatic rings. The van der Waals surface area contributed by atoms with Gasteiger partial charge in [0.2, 0.25) is 5.78 Å². The van der Waals surface area contributed by atoms with Crippen LogP contribution in [-0.4, -0.2) is 17.7 Å². The minimum absolute atomic E-state index is 0.116. The van der Waals surface area contributed by atoms with Crippen molar-refractivity contribution in [1.29, 1.82) is 0 Å². The van der Waals surface area contributed by atoms with Crippen LogP contribution in [0.1, 0.15) is 17.0 Å². The maximum atomic E-state index is 12.9. The molecule has 20 heavy (non-hydrogen) atoms. The van der Waals surface area contributed by atoms with Gasteiger partial charge in [-0.1, -0.05) is 18.2 Å². The first-order valence-corrected chi connectivity index (χ1v) is 5.73. The van der Waals surface area contributed by atoms with E-state index in [1.807, 2.05) is 0 Å². The number of hydrogen-bond acceptors (Lipinski definition) is 3. The number of hydrogen-bond donors (Lipinski definition) is 0. The van der Waals surface area contributed by atoms with E-state index in [0.29, 0.717) is 0 Å². The largest absolute Gasteiger partial charge is 0.461 e. The molecule has 0 saturated carbocycles. The van der Waals surface area contributed by atoms with E-state index >= 15 is 0 Å². The molecular weight excluding hydrogens is 271 g/mol. The maximum absolute atomic E-state index is 12.9. The fourth-order valence-electron chi connectivity index (χ4n) is 1.54. The number of ketones is 1. The van der Waals surface area contributed by atoms with Crippen molar-refractivity contribution in [3.05, 3.63) is 54.5 Å². The van der Waals surface area contributed by atoms with E-state index in [0.717, 1.165) is 0 Å². The summed E-state index contributed by atoms with van der Waals surface area (Å²) < 4.78 is 43.5. The predicted molar refractivity (Wildman–Crippen MR) is 67.2 cm³/mol. The van der Waals surface area contributed by atoms with Crippen LogP contribution in [0.2, 0.25) is 0 Å². The number of alkyl halides is 3. The van der Waals surface area contributed by atoms with E-state index in [1.54, 1.807) is 18.2 Å². The second-order valence-electron chi connectivity index (χ2n) is 3.97. The molecule has 1 aromatic heterocycles. The van der Waals surface area contributed by atoms with Crippen molar-refractivity contribution in [2.24, 2.45) is 4.99 Å². The Labute approximate surface area is 112 Å². The molecule has 2 rings (SSSR count). The Balaban J connectivity index is 2.26. The van der Waals surface area contributed by atoms with Crippen molar-refractivity contribution in [3.8, 4) is 0 Å². The van der Waals surface area contributed by atoms with Crippen LogP contribution in [0.4, 0.5) is 18.9 Å². The number of benzene rings is 1. The Hall–Kier alpha value is -2.37. The van der Waals surface area contributed by atoms with E-state index in [1.165, 1.54) is 30.5 Å². The van der Waals surface area contributed by atoms with Crippen LogP contribution in [0.5, 0.6) is 0 Å². The van der Waals surface area contributed by atoms with Gasteiger partial charge in [-0.2, -0.15) is 13.2 Å². The number of carbonyl (C=O) groups excluding carboxylic acids is 1. The number of Topliss-reactive ketones (excluding diaryl/α,β-unsaturated/α-hetero) is 1. The molecule has 2 aromatic rings. The van der Waals surface area contributed by atoms with Gasteiger partial charge in [0, 0.05) is 0 Å². The van der Waals surface area contributed by atoms with Crippen molar-refractivity contribution < 1.29 is 22.4 Å². The maximum Gasteiger partial charge on any atom is 0.429 e. The van der Waals surface area contributed by atoms with Crippen molar-refractivity contribution in [1.82, 2.24) is 0 Å². The first kappa shape index (κ1) is 14.0. The zero-order chi connectivity index (χ0) is 14.6. The van der Waals surface area contributed by atoms with Gasteiger partial charge in [-0.15, -0.1) is 0 Å². The number of aliphatic imine (C=N–C) groups is 1. The molecule has 1 heterocycles. The van der Waals surface area contributed by atoms with E-state index in [2.05, 4.69) is 4.99 Å². The molecule has 0 aliphatic heterocycles. The number of halogens is 3. The van der Waals surface area contributed by atoms with Crippen LogP contribution in [-0.2, 0) is 0 Å². The second kappa shape index (κ2) is 5.73. The van der Waals surface area contributed by atoms with Crippen molar-refractivity contribution in [2.75, 3.05) is 0 Å². The molecule has 3 nitrogen and oxygen atoms in total. The van der Waals surface area contributed by atoms with Crippen LogP contribution in [0.25, 0.3) is 0 Å². The molecule has 0 radical (unpaired) electrons. The summed E-state index contributed by atoms with van der Waals surface area (Å²) in [7, 11) is 0. The third-order valence-electron chi connectivity index (χ3n) is 2.47. The number of nitrogens with zero attached hydrogens (tertiary/aromatic N) is 1. The van der Waals surface area contributed by atoms with Crippen LogP contribution in [0.15, 0.2) is 58.1 Å². The Morgan fingerprint density at radius 3 is 2.35 bits per heavy atom. The zero-order valence-electron chi connectivity index (χ0n) is 10.2. The lowest BCUT2D eigenvalue weighted by atomic mass is 10.1. The van der Waals surface area contributed by atoms with Gasteiger partial charge in [0.05, 0.1) is 18.4 Å². The van der Waals surface area contributed by atoms with E-state index in [9.17, 15) is 18.0 Å². The van der Waals surface area contributed by atoms with Gasteiger partial charge in [-0.3, -0.25) is 4.79 Å². The summed E-state index contributed by atoms with van der Waals surface area (Å²) in [4.78, 5) is 15.2. The SMILES string of the molecule is O=C(CC(=Nc1ccccc1)C(F)(F)F)c1ccco1. The molecule has 0 aliphatic carbocycles. The molecular formula is C14H10F3NO2. The van der Waals surface area contributed by atoms with E-state index < -0.39 is 24.1 Å². The lowest BCUT2D eigenvalue weighted by molar-refractivity contribution is -0.0601. The minimum atomic E-state index is -4.67. The summed E-state index contributed by atoms with van der Waals surface area (Å²) in [5.41, 5.74) is -1.00. The highest BCUT2D eigenvalue weighted by Gasteiger charge is 2.37. The van der Waals surface area contributed by atoms with Crippen molar-refractivity contribution in [2.45, 2.75) is 12.6 Å². The standard InChI is InChI=1S/C14H10F3NO2/c15-14(16,17)13(18-10-5-2-1-3-6-10)9-11(19)12-7-4-8-20-12/h1-8H,9H2. The first-order valence-electron chi connectivity index (χ1n) is 5.73. The fourth-order valence-corrected chi connectivity index (χ4v) is 1.54. The molecule has 0 unspecified atom stereocenters. The van der Waals surface area contributed by atoms with Crippen LogP contribution >= 0.6 is 0 Å². The van der Waals surface area contributed by atoms with Gasteiger partial charge >= 0.3 is 6.18 Å². The molecule has 0 fully saturated rings. The Morgan fingerprint density at radius 1 is 1.10 bits per heavy atom. The van der Waals surface area contributed by atoms with Gasteiger partial charge < -0.3 is 4.42 Å². The van der Waals surface area contributed by atoms with Crippen LogP contribution < -0.4 is 0 Å². The molecule has 0 spiro atoms. The van der Waals surface area contributed by atoms with E-state index in [4.69, 9.17) is 4.42 Å². The Morgan fingerprint density at radius 2 is 1.80 bits per heavy atom. The summed E-state index contributed by atoms with van der Waals surface area (Å²) >= 11 is 0. The number of para-hydroxylation sites is 1. The smallest absolute Gasteiger partial charge is 0.429 e. The highest BCUT2D eigenvalue weighted by molar-refractivity contribution is 6.10. The molecule has 6 heteroatoms. The van der Waals surface area contributed by atoms with Crippen molar-refractivity contribution >= 4 is 17.2 Å². The molecule has 0 saturated heterocycles. The summed E-state index contributed by atoms with van der Waals surface area (Å²) in [5.74, 6) is -0.878. The second-order valence-corrected chi connectivity index (χ2v) is 3.97. The van der Waals surface area contributed by atoms with Gasteiger partial charge in [0.15, 0.2) is 5.76 Å². The summed E-state index contributed by atoms with van der Waals surface area (Å²) in [6.45, 7) is 0. The number of carbonyl (C=O) groups is 1. The van der Waals surface area contributed by atoms with Gasteiger partial charge in [-0.05, 0) is 24.3 Å². The van der Waals surface area contributed by atoms with Crippen molar-refractivity contribution in [3.63, 3.8) is 0 Å². The first-order chi connectivity index (χ1) is 9.47. The van der Waals surface area contributed by atoms with Crippen LogP contribution in [0, 0.1) is 0 Å². The molecule has 0 N–H and O–H groups in total. The monoisotopic (exact) mass is 281 g/mol. The highest BCUT2D eigenvalue weighted by atomic mass is 19.4. The average Bonchev–Trinajstić information content (AvgIpc) is 2.92. The molecule has 0 atom stereocenters. The molecule has 0 bridgehead atoms. The third kappa shape index (κ3) is 3.57. The summed E-state index contributed by atoms with van der Waals surface area (Å²) in [6, 6.07) is 10.4. The highest BCUT2D eigenvalue weighted by Crippen LogP contribution is 2.24. The Bertz CT molecular complexity index is 601. The predicted octanol–water partition coefficient (Wildman–Crippen LogP) is 4.19. The van der Waals surface area contributed by atoms with E-state index in [-0.39, 0.29) is 11.4 Å².